The fourth-order valence-electron chi connectivity index (χ4n) is 1.34. The van der Waals surface area contributed by atoms with Crippen molar-refractivity contribution >= 4 is 17.2 Å². The number of benzene rings is 1. The Bertz CT molecular complexity index is 476. The van der Waals surface area contributed by atoms with Gasteiger partial charge >= 0.3 is 0 Å². The molecule has 2 aromatic rings. The van der Waals surface area contributed by atoms with Crippen LogP contribution < -0.4 is 0 Å². The third kappa shape index (κ3) is 2.35. The van der Waals surface area contributed by atoms with Crippen molar-refractivity contribution in [3.05, 3.63) is 47.5 Å². The van der Waals surface area contributed by atoms with Crippen LogP contribution in [0.4, 0.5) is 4.39 Å². The number of nitrogens with zero attached hydrogens (tertiary/aromatic N) is 1. The van der Waals surface area contributed by atoms with Gasteiger partial charge in [-0.05, 0) is 6.08 Å². The second-order valence-electron chi connectivity index (χ2n) is 3.15. The maximum absolute atomic E-state index is 13.3. The van der Waals surface area contributed by atoms with Crippen molar-refractivity contribution in [3.8, 4) is 10.6 Å². The minimum Gasteiger partial charge on any atom is -0.392 e. The summed E-state index contributed by atoms with van der Waals surface area (Å²) in [7, 11) is 0. The molecule has 2 nitrogen and oxygen atoms in total. The van der Waals surface area contributed by atoms with Gasteiger partial charge in [-0.15, -0.1) is 11.3 Å². The van der Waals surface area contributed by atoms with Gasteiger partial charge < -0.3 is 5.11 Å². The highest BCUT2D eigenvalue weighted by Crippen LogP contribution is 2.24. The van der Waals surface area contributed by atoms with Crippen LogP contribution in [-0.4, -0.2) is 16.7 Å². The molecule has 0 fully saturated rings. The average Bonchev–Trinajstić information content (AvgIpc) is 2.83. The molecule has 16 heavy (non-hydrogen) atoms. The van der Waals surface area contributed by atoms with Gasteiger partial charge in [-0.1, -0.05) is 24.3 Å². The Balaban J connectivity index is 2.26. The van der Waals surface area contributed by atoms with Crippen molar-refractivity contribution in [2.24, 2.45) is 0 Å². The van der Waals surface area contributed by atoms with Crippen molar-refractivity contribution in [1.29, 1.82) is 0 Å². The molecule has 0 amide bonds. The van der Waals surface area contributed by atoms with Crippen LogP contribution in [0.2, 0.25) is 0 Å². The molecule has 1 aromatic carbocycles. The molecule has 1 heterocycles. The number of aromatic nitrogens is 1. The molecule has 1 N–H and O–H groups in total. The van der Waals surface area contributed by atoms with Gasteiger partial charge in [-0.25, -0.2) is 9.37 Å². The van der Waals surface area contributed by atoms with E-state index in [0.29, 0.717) is 5.56 Å². The van der Waals surface area contributed by atoms with Crippen LogP contribution in [0.25, 0.3) is 16.4 Å². The number of rotatable bonds is 3. The van der Waals surface area contributed by atoms with Gasteiger partial charge in [-0.3, -0.25) is 0 Å². The van der Waals surface area contributed by atoms with Crippen molar-refractivity contribution in [2.45, 2.75) is 0 Å². The number of halogens is 1. The van der Waals surface area contributed by atoms with E-state index >= 15 is 0 Å². The van der Waals surface area contributed by atoms with Crippen LogP contribution in [0.5, 0.6) is 0 Å². The van der Waals surface area contributed by atoms with E-state index in [1.165, 1.54) is 0 Å². The summed E-state index contributed by atoms with van der Waals surface area (Å²) in [6, 6.07) is 6.99. The summed E-state index contributed by atoms with van der Waals surface area (Å²) < 4.78 is 13.3. The zero-order chi connectivity index (χ0) is 11.4. The molecule has 0 aliphatic carbocycles. The Labute approximate surface area is 96.7 Å². The lowest BCUT2D eigenvalue weighted by atomic mass is 10.1. The summed E-state index contributed by atoms with van der Waals surface area (Å²) in [5.41, 5.74) is 1.44. The highest BCUT2D eigenvalue weighted by molar-refractivity contribution is 7.13. The summed E-state index contributed by atoms with van der Waals surface area (Å²) in [5.74, 6) is -0.409. The van der Waals surface area contributed by atoms with E-state index in [2.05, 4.69) is 4.98 Å². The van der Waals surface area contributed by atoms with Gasteiger partial charge in [0.2, 0.25) is 0 Å². The summed E-state index contributed by atoms with van der Waals surface area (Å²) in [5, 5.41) is 11.4. The first-order valence-electron chi connectivity index (χ1n) is 4.78. The zero-order valence-electron chi connectivity index (χ0n) is 8.43. The molecule has 0 aliphatic rings. The van der Waals surface area contributed by atoms with E-state index in [1.807, 2.05) is 17.5 Å². The van der Waals surface area contributed by atoms with Crippen LogP contribution in [0.1, 0.15) is 5.56 Å². The maximum atomic E-state index is 13.3. The van der Waals surface area contributed by atoms with E-state index in [0.717, 1.165) is 16.6 Å². The molecule has 4 heteroatoms. The number of thiazole rings is 1. The van der Waals surface area contributed by atoms with Crippen LogP contribution in [-0.2, 0) is 0 Å². The molecule has 0 radical (unpaired) electrons. The monoisotopic (exact) mass is 235 g/mol. The smallest absolute Gasteiger partial charge is 0.128 e. The average molecular weight is 235 g/mol. The third-order valence-corrected chi connectivity index (χ3v) is 2.93. The van der Waals surface area contributed by atoms with Crippen LogP contribution in [0.15, 0.2) is 41.9 Å². The molecule has 0 saturated carbocycles. The van der Waals surface area contributed by atoms with Crippen LogP contribution in [0, 0.1) is 0 Å². The van der Waals surface area contributed by atoms with Gasteiger partial charge in [0.25, 0.3) is 0 Å². The van der Waals surface area contributed by atoms with Crippen LogP contribution in [0.3, 0.4) is 0 Å². The van der Waals surface area contributed by atoms with Gasteiger partial charge in [0, 0.05) is 22.7 Å². The predicted molar refractivity (Wildman–Crippen MR) is 63.7 cm³/mol. The first-order chi connectivity index (χ1) is 7.81. The molecular formula is C12H10FNOS. The summed E-state index contributed by atoms with van der Waals surface area (Å²) in [6.07, 6.45) is 2.87. The van der Waals surface area contributed by atoms with Gasteiger partial charge in [0.1, 0.15) is 10.8 Å². The van der Waals surface area contributed by atoms with Gasteiger partial charge in [-0.2, -0.15) is 0 Å². The molecule has 2 rings (SSSR count). The zero-order valence-corrected chi connectivity index (χ0v) is 9.25. The molecular weight excluding hydrogens is 225 g/mol. The fourth-order valence-corrected chi connectivity index (χ4v) is 1.98. The largest absolute Gasteiger partial charge is 0.392 e. The van der Waals surface area contributed by atoms with Crippen molar-refractivity contribution in [3.63, 3.8) is 0 Å². The quantitative estimate of drug-likeness (QED) is 0.886. The minimum atomic E-state index is -0.409. The van der Waals surface area contributed by atoms with Crippen molar-refractivity contribution in [1.82, 2.24) is 4.98 Å². The predicted octanol–water partition coefficient (Wildman–Crippen LogP) is 3.11. The number of hydrogen-bond donors (Lipinski definition) is 1. The standard InChI is InChI=1S/C12H10FNOS/c13-11(5-7-15)9-1-3-10(4-2-9)12-14-6-8-16-12/h1-6,8,15H,7H2/b11-5+. The highest BCUT2D eigenvalue weighted by atomic mass is 32.1. The Morgan fingerprint density at radius 1 is 1.38 bits per heavy atom. The molecule has 0 spiro atoms. The Kier molecular flexibility index (Phi) is 3.44. The SMILES string of the molecule is OC/C=C(/F)c1ccc(-c2nccs2)cc1. The number of hydrogen-bond acceptors (Lipinski definition) is 3. The summed E-state index contributed by atoms with van der Waals surface area (Å²) in [6.45, 7) is -0.292. The lowest BCUT2D eigenvalue weighted by Crippen LogP contribution is -1.82. The molecule has 0 bridgehead atoms. The second-order valence-corrected chi connectivity index (χ2v) is 4.04. The summed E-state index contributed by atoms with van der Waals surface area (Å²) >= 11 is 1.54. The summed E-state index contributed by atoms with van der Waals surface area (Å²) in [4.78, 5) is 4.17. The van der Waals surface area contributed by atoms with Crippen molar-refractivity contribution < 1.29 is 9.50 Å². The van der Waals surface area contributed by atoms with Crippen molar-refractivity contribution in [2.75, 3.05) is 6.61 Å². The normalized spacial score (nSPS) is 11.8. The lowest BCUT2D eigenvalue weighted by Gasteiger charge is -1.99. The minimum absolute atomic E-state index is 0.292. The van der Waals surface area contributed by atoms with E-state index < -0.39 is 5.83 Å². The molecule has 0 atom stereocenters. The van der Waals surface area contributed by atoms with Gasteiger partial charge in [0.15, 0.2) is 0 Å². The topological polar surface area (TPSA) is 33.1 Å². The fraction of sp³-hybridized carbons (Fsp3) is 0.0833. The first-order valence-corrected chi connectivity index (χ1v) is 5.66. The first kappa shape index (κ1) is 11.0. The molecule has 1 aromatic heterocycles. The number of aliphatic hydroxyl groups excluding tert-OH is 1. The third-order valence-electron chi connectivity index (χ3n) is 2.11. The molecule has 0 unspecified atom stereocenters. The number of aliphatic hydroxyl groups is 1. The van der Waals surface area contributed by atoms with E-state index in [4.69, 9.17) is 5.11 Å². The van der Waals surface area contributed by atoms with Crippen LogP contribution >= 0.6 is 11.3 Å². The highest BCUT2D eigenvalue weighted by Gasteiger charge is 2.02. The Hall–Kier alpha value is -1.52. The second kappa shape index (κ2) is 5.01. The molecule has 0 saturated heterocycles. The lowest BCUT2D eigenvalue weighted by molar-refractivity contribution is 0.342. The maximum Gasteiger partial charge on any atom is 0.128 e. The Morgan fingerprint density at radius 3 is 2.69 bits per heavy atom. The van der Waals surface area contributed by atoms with E-state index in [1.54, 1.807) is 29.7 Å². The molecule has 82 valence electrons. The Morgan fingerprint density at radius 2 is 2.12 bits per heavy atom. The van der Waals surface area contributed by atoms with E-state index in [9.17, 15) is 4.39 Å². The van der Waals surface area contributed by atoms with E-state index in [-0.39, 0.29) is 6.61 Å². The van der Waals surface area contributed by atoms with Gasteiger partial charge in [0.05, 0.1) is 6.61 Å². The molecule has 0 aliphatic heterocycles.